The summed E-state index contributed by atoms with van der Waals surface area (Å²) in [5.41, 5.74) is 0.653. The van der Waals surface area contributed by atoms with Crippen molar-refractivity contribution in [3.63, 3.8) is 0 Å². The van der Waals surface area contributed by atoms with Crippen LogP contribution in [0, 0.1) is 0 Å². The van der Waals surface area contributed by atoms with Crippen LogP contribution in [0.4, 0.5) is 5.69 Å². The Hall–Kier alpha value is -1.42. The second-order valence-electron chi connectivity index (χ2n) is 2.33. The minimum Gasteiger partial charge on any atom is -0.269 e. The van der Waals surface area contributed by atoms with E-state index in [4.69, 9.17) is 0 Å². The molecule has 0 aliphatic carbocycles. The fraction of sp³-hybridized carbons (Fsp3) is 0. The summed E-state index contributed by atoms with van der Waals surface area (Å²) in [5, 5.41) is 3.59. The number of imide groups is 1. The molecule has 0 saturated heterocycles. The molecule has 0 atom stereocenters. The van der Waals surface area contributed by atoms with Crippen LogP contribution in [0.2, 0.25) is 0 Å². The Labute approximate surface area is 72.9 Å². The molecule has 12 heavy (non-hydrogen) atoms. The number of carbonyl (C=O) groups excluding carboxylic acids is 2. The lowest BCUT2D eigenvalue weighted by Gasteiger charge is -2.10. The molecule has 0 unspecified atom stereocenters. The molecule has 3 nitrogen and oxygen atoms in total. The lowest BCUT2D eigenvalue weighted by atomic mass is 10.4. The zero-order valence-corrected chi connectivity index (χ0v) is 6.88. The summed E-state index contributed by atoms with van der Waals surface area (Å²) >= 11 is 1.46. The van der Waals surface area contributed by atoms with E-state index in [2.05, 4.69) is 0 Å². The molecule has 2 heterocycles. The van der Waals surface area contributed by atoms with E-state index < -0.39 is 0 Å². The van der Waals surface area contributed by atoms with Gasteiger partial charge in [0.2, 0.25) is 0 Å². The highest BCUT2D eigenvalue weighted by Gasteiger charge is 2.24. The van der Waals surface area contributed by atoms with Crippen molar-refractivity contribution in [1.82, 2.24) is 0 Å². The summed E-state index contributed by atoms with van der Waals surface area (Å²) in [6.45, 7) is 0. The van der Waals surface area contributed by atoms with Crippen molar-refractivity contribution in [2.24, 2.45) is 0 Å². The largest absolute Gasteiger partial charge is 0.269 e. The lowest BCUT2D eigenvalue weighted by molar-refractivity contribution is -0.119. The second kappa shape index (κ2) is 2.57. The first-order valence-corrected chi connectivity index (χ1v) is 4.31. The molecule has 0 spiro atoms. The lowest BCUT2D eigenvalue weighted by Crippen LogP contribution is -2.28. The average Bonchev–Trinajstić information content (AvgIpc) is 2.61. The third-order valence-electron chi connectivity index (χ3n) is 1.57. The molecule has 0 bridgehead atoms. The molecule has 0 aromatic carbocycles. The summed E-state index contributed by atoms with van der Waals surface area (Å²) < 4.78 is 0. The van der Waals surface area contributed by atoms with Crippen LogP contribution in [0.15, 0.2) is 29.0 Å². The number of amides is 2. The van der Waals surface area contributed by atoms with E-state index in [1.807, 2.05) is 5.38 Å². The predicted molar refractivity (Wildman–Crippen MR) is 46.0 cm³/mol. The van der Waals surface area contributed by atoms with Crippen LogP contribution in [-0.4, -0.2) is 11.8 Å². The van der Waals surface area contributed by atoms with Crippen LogP contribution in [0.5, 0.6) is 0 Å². The SMILES string of the molecule is O=C1C=CC(=O)N1c1ccsc1. The average molecular weight is 179 g/mol. The molecule has 1 aromatic heterocycles. The number of thiophene rings is 1. The van der Waals surface area contributed by atoms with Gasteiger partial charge in [0.05, 0.1) is 5.69 Å². The summed E-state index contributed by atoms with van der Waals surface area (Å²) in [6.07, 6.45) is 2.56. The van der Waals surface area contributed by atoms with Crippen molar-refractivity contribution in [2.75, 3.05) is 4.90 Å². The zero-order chi connectivity index (χ0) is 8.55. The van der Waals surface area contributed by atoms with Crippen molar-refractivity contribution in [1.29, 1.82) is 0 Å². The molecule has 0 fully saturated rings. The van der Waals surface area contributed by atoms with Crippen molar-refractivity contribution in [3.05, 3.63) is 29.0 Å². The zero-order valence-electron chi connectivity index (χ0n) is 6.06. The van der Waals surface area contributed by atoms with Crippen LogP contribution < -0.4 is 4.90 Å². The fourth-order valence-electron chi connectivity index (χ4n) is 1.04. The van der Waals surface area contributed by atoms with Gasteiger partial charge in [0.1, 0.15) is 0 Å². The van der Waals surface area contributed by atoms with Gasteiger partial charge in [-0.1, -0.05) is 0 Å². The monoisotopic (exact) mass is 179 g/mol. The van der Waals surface area contributed by atoms with Crippen molar-refractivity contribution in [3.8, 4) is 0 Å². The summed E-state index contributed by atoms with van der Waals surface area (Å²) in [5.74, 6) is -0.531. The number of hydrogen-bond donors (Lipinski definition) is 0. The van der Waals surface area contributed by atoms with E-state index >= 15 is 0 Å². The van der Waals surface area contributed by atoms with Gasteiger partial charge in [0.15, 0.2) is 0 Å². The number of anilines is 1. The van der Waals surface area contributed by atoms with Crippen LogP contribution in [0.1, 0.15) is 0 Å². The van der Waals surface area contributed by atoms with Gasteiger partial charge in [-0.2, -0.15) is 11.3 Å². The topological polar surface area (TPSA) is 37.4 Å². The minimum absolute atomic E-state index is 0.265. The Morgan fingerprint density at radius 1 is 1.17 bits per heavy atom. The Bertz CT molecular complexity index is 335. The highest BCUT2D eigenvalue weighted by molar-refractivity contribution is 7.08. The third kappa shape index (κ3) is 0.967. The maximum Gasteiger partial charge on any atom is 0.258 e. The first kappa shape index (κ1) is 7.24. The standard InChI is InChI=1S/C8H5NO2S/c10-7-1-2-8(11)9(7)6-3-4-12-5-6/h1-5H. The van der Waals surface area contributed by atoms with Gasteiger partial charge in [0, 0.05) is 17.5 Å². The highest BCUT2D eigenvalue weighted by Crippen LogP contribution is 2.21. The van der Waals surface area contributed by atoms with Gasteiger partial charge in [-0.25, -0.2) is 4.90 Å². The third-order valence-corrected chi connectivity index (χ3v) is 2.24. The van der Waals surface area contributed by atoms with Gasteiger partial charge in [0.25, 0.3) is 11.8 Å². The summed E-state index contributed by atoms with van der Waals surface area (Å²) in [6, 6.07) is 1.74. The molecule has 1 aromatic rings. The molecule has 60 valence electrons. The van der Waals surface area contributed by atoms with E-state index in [0.717, 1.165) is 4.90 Å². The van der Waals surface area contributed by atoms with Gasteiger partial charge >= 0.3 is 0 Å². The first-order valence-electron chi connectivity index (χ1n) is 3.37. The van der Waals surface area contributed by atoms with E-state index in [9.17, 15) is 9.59 Å². The summed E-state index contributed by atoms with van der Waals surface area (Å²) in [4.78, 5) is 23.4. The van der Waals surface area contributed by atoms with Crippen LogP contribution in [0.25, 0.3) is 0 Å². The number of rotatable bonds is 1. The normalized spacial score (nSPS) is 16.2. The molecule has 1 aliphatic heterocycles. The van der Waals surface area contributed by atoms with Crippen LogP contribution >= 0.6 is 11.3 Å². The van der Waals surface area contributed by atoms with Gasteiger partial charge < -0.3 is 0 Å². The van der Waals surface area contributed by atoms with E-state index in [-0.39, 0.29) is 11.8 Å². The quantitative estimate of drug-likeness (QED) is 0.607. The molecule has 2 rings (SSSR count). The maximum atomic E-state index is 11.1. The Kier molecular flexibility index (Phi) is 1.55. The number of carbonyl (C=O) groups is 2. The molecule has 2 amide bonds. The predicted octanol–water partition coefficient (Wildman–Crippen LogP) is 1.18. The van der Waals surface area contributed by atoms with Gasteiger partial charge in [-0.05, 0) is 11.4 Å². The Morgan fingerprint density at radius 2 is 1.83 bits per heavy atom. The van der Waals surface area contributed by atoms with Crippen LogP contribution in [0.3, 0.4) is 0 Å². The van der Waals surface area contributed by atoms with Gasteiger partial charge in [-0.15, -0.1) is 0 Å². The van der Waals surface area contributed by atoms with E-state index in [1.165, 1.54) is 23.5 Å². The smallest absolute Gasteiger partial charge is 0.258 e. The molecule has 0 N–H and O–H groups in total. The first-order chi connectivity index (χ1) is 5.79. The van der Waals surface area contributed by atoms with Crippen molar-refractivity contribution >= 4 is 28.8 Å². The molecule has 0 radical (unpaired) electrons. The van der Waals surface area contributed by atoms with Gasteiger partial charge in [-0.3, -0.25) is 9.59 Å². The van der Waals surface area contributed by atoms with E-state index in [0.29, 0.717) is 5.69 Å². The highest BCUT2D eigenvalue weighted by atomic mass is 32.1. The van der Waals surface area contributed by atoms with Crippen molar-refractivity contribution in [2.45, 2.75) is 0 Å². The minimum atomic E-state index is -0.265. The Morgan fingerprint density at radius 3 is 2.33 bits per heavy atom. The number of hydrogen-bond acceptors (Lipinski definition) is 3. The molecular weight excluding hydrogens is 174 g/mol. The summed E-state index contributed by atoms with van der Waals surface area (Å²) in [7, 11) is 0. The van der Waals surface area contributed by atoms with Crippen LogP contribution in [-0.2, 0) is 9.59 Å². The fourth-order valence-corrected chi connectivity index (χ4v) is 1.66. The number of nitrogens with zero attached hydrogens (tertiary/aromatic N) is 1. The molecular formula is C8H5NO2S. The Balaban J connectivity index is 2.37. The molecule has 1 aliphatic rings. The molecule has 0 saturated carbocycles. The van der Waals surface area contributed by atoms with E-state index in [1.54, 1.807) is 11.4 Å². The molecule has 4 heteroatoms. The maximum absolute atomic E-state index is 11.1. The second-order valence-corrected chi connectivity index (χ2v) is 3.11. The van der Waals surface area contributed by atoms with Crippen molar-refractivity contribution < 1.29 is 9.59 Å².